The van der Waals surface area contributed by atoms with Crippen molar-refractivity contribution in [3.63, 3.8) is 0 Å². The van der Waals surface area contributed by atoms with Gasteiger partial charge in [0.05, 0.1) is 0 Å². The van der Waals surface area contributed by atoms with Gasteiger partial charge in [-0.2, -0.15) is 0 Å². The van der Waals surface area contributed by atoms with Gasteiger partial charge in [0.25, 0.3) is 5.91 Å². The van der Waals surface area contributed by atoms with Crippen LogP contribution in [0.5, 0.6) is 0 Å². The van der Waals surface area contributed by atoms with E-state index in [1.807, 2.05) is 0 Å². The summed E-state index contributed by atoms with van der Waals surface area (Å²) >= 11 is 0. The van der Waals surface area contributed by atoms with Gasteiger partial charge in [-0.05, 0) is 0 Å². The molecule has 8 heteroatoms. The zero-order valence-electron chi connectivity index (χ0n) is 8.14. The number of aromatic nitrogens is 3. The van der Waals surface area contributed by atoms with Gasteiger partial charge in [0, 0.05) is 7.05 Å². The molecular formula is C7H11N5O3. The van der Waals surface area contributed by atoms with E-state index in [0.717, 1.165) is 0 Å². The van der Waals surface area contributed by atoms with Crippen LogP contribution >= 0.6 is 0 Å². The van der Waals surface area contributed by atoms with E-state index >= 15 is 0 Å². The summed E-state index contributed by atoms with van der Waals surface area (Å²) in [5.41, 5.74) is 5.24. The highest BCUT2D eigenvalue weighted by Gasteiger charge is 2.07. The van der Waals surface area contributed by atoms with Crippen LogP contribution in [0.4, 0.5) is 5.95 Å². The van der Waals surface area contributed by atoms with Gasteiger partial charge in [0.1, 0.15) is 12.9 Å². The van der Waals surface area contributed by atoms with E-state index in [1.165, 1.54) is 18.1 Å². The van der Waals surface area contributed by atoms with Crippen LogP contribution in [0.25, 0.3) is 0 Å². The maximum Gasteiger partial charge on any atom is 0.328 e. The summed E-state index contributed by atoms with van der Waals surface area (Å²) in [7, 11) is 1.45. The number of hydrogen-bond acceptors (Lipinski definition) is 6. The first-order valence-corrected chi connectivity index (χ1v) is 4.13. The summed E-state index contributed by atoms with van der Waals surface area (Å²) in [5.74, 6) is -0.876. The number of nitrogens with one attached hydrogen (secondary N) is 1. The van der Waals surface area contributed by atoms with E-state index in [0.29, 0.717) is 0 Å². The highest BCUT2D eigenvalue weighted by molar-refractivity contribution is 5.80. The summed E-state index contributed by atoms with van der Waals surface area (Å²) < 4.78 is 5.85. The van der Waals surface area contributed by atoms with Gasteiger partial charge in [-0.3, -0.25) is 9.59 Å². The van der Waals surface area contributed by atoms with Crippen molar-refractivity contribution < 1.29 is 14.3 Å². The highest BCUT2D eigenvalue weighted by Crippen LogP contribution is 1.90. The molecule has 1 rings (SSSR count). The minimum Gasteiger partial charge on any atom is -0.454 e. The summed E-state index contributed by atoms with van der Waals surface area (Å²) in [5, 5.41) is 6.00. The molecule has 82 valence electrons. The molecule has 0 unspecified atom stereocenters. The fraction of sp³-hybridized carbons (Fsp3) is 0.429. The second kappa shape index (κ2) is 4.94. The van der Waals surface area contributed by atoms with Crippen LogP contribution in [-0.4, -0.2) is 40.3 Å². The lowest BCUT2D eigenvalue weighted by atomic mass is 10.6. The number of ether oxygens (including phenoxy) is 1. The van der Waals surface area contributed by atoms with Crippen LogP contribution in [-0.2, 0) is 20.9 Å². The third-order valence-electron chi connectivity index (χ3n) is 1.49. The molecule has 8 nitrogen and oxygen atoms in total. The molecule has 3 N–H and O–H groups in total. The van der Waals surface area contributed by atoms with Crippen molar-refractivity contribution in [2.75, 3.05) is 19.4 Å². The largest absolute Gasteiger partial charge is 0.454 e. The Balaban J connectivity index is 2.33. The Labute approximate surface area is 85.4 Å². The topological polar surface area (TPSA) is 112 Å². The molecule has 1 aromatic rings. The number of nitrogens with zero attached hydrogens (tertiary/aromatic N) is 3. The Morgan fingerprint density at radius 1 is 1.67 bits per heavy atom. The van der Waals surface area contributed by atoms with E-state index in [-0.39, 0.29) is 25.0 Å². The number of nitrogens with two attached hydrogens (primary N) is 1. The first-order chi connectivity index (χ1) is 7.11. The molecule has 0 bridgehead atoms. The lowest BCUT2D eigenvalue weighted by molar-refractivity contribution is -0.149. The quantitative estimate of drug-likeness (QED) is 0.568. The Kier molecular flexibility index (Phi) is 3.61. The molecule has 0 fully saturated rings. The predicted molar refractivity (Wildman–Crippen MR) is 49.5 cm³/mol. The van der Waals surface area contributed by atoms with Crippen molar-refractivity contribution in [1.82, 2.24) is 20.1 Å². The van der Waals surface area contributed by atoms with E-state index in [4.69, 9.17) is 5.73 Å². The number of hydrogen-bond donors (Lipinski definition) is 2. The molecular weight excluding hydrogens is 202 g/mol. The van der Waals surface area contributed by atoms with Gasteiger partial charge in [-0.15, -0.1) is 5.10 Å². The summed E-state index contributed by atoms with van der Waals surface area (Å²) in [6.45, 7) is -0.430. The van der Waals surface area contributed by atoms with Crippen molar-refractivity contribution in [2.45, 2.75) is 6.54 Å². The number of carbonyl (C=O) groups is 2. The number of amides is 1. The second-order valence-electron chi connectivity index (χ2n) is 2.63. The molecule has 1 heterocycles. The number of likely N-dealkylation sites (N-methyl/N-ethyl adjacent to an activating group) is 1. The Morgan fingerprint density at radius 2 is 2.40 bits per heavy atom. The third kappa shape index (κ3) is 3.63. The monoisotopic (exact) mass is 213 g/mol. The molecule has 1 amide bonds. The van der Waals surface area contributed by atoms with E-state index in [2.05, 4.69) is 20.1 Å². The Morgan fingerprint density at radius 3 is 2.93 bits per heavy atom. The minimum atomic E-state index is -0.580. The van der Waals surface area contributed by atoms with E-state index < -0.39 is 5.97 Å². The number of rotatable bonds is 4. The van der Waals surface area contributed by atoms with Crippen molar-refractivity contribution in [2.24, 2.45) is 0 Å². The SMILES string of the molecule is CNC(=O)COC(=O)Cn1cnc(N)n1. The zero-order chi connectivity index (χ0) is 11.3. The van der Waals surface area contributed by atoms with Crippen LogP contribution in [0.2, 0.25) is 0 Å². The Bertz CT molecular complexity index is 361. The molecule has 0 aliphatic rings. The van der Waals surface area contributed by atoms with Crippen molar-refractivity contribution in [3.8, 4) is 0 Å². The molecule has 0 saturated heterocycles. The van der Waals surface area contributed by atoms with Crippen LogP contribution in [0.3, 0.4) is 0 Å². The number of carbonyl (C=O) groups excluding carboxylic acids is 2. The smallest absolute Gasteiger partial charge is 0.328 e. The first kappa shape index (κ1) is 11.0. The second-order valence-corrected chi connectivity index (χ2v) is 2.63. The Hall–Kier alpha value is -2.12. The molecule has 0 aliphatic heterocycles. The molecule has 15 heavy (non-hydrogen) atoms. The van der Waals surface area contributed by atoms with Crippen LogP contribution in [0.1, 0.15) is 0 Å². The van der Waals surface area contributed by atoms with Gasteiger partial charge in [0.15, 0.2) is 6.61 Å². The van der Waals surface area contributed by atoms with Crippen molar-refractivity contribution in [1.29, 1.82) is 0 Å². The van der Waals surface area contributed by atoms with Gasteiger partial charge in [-0.1, -0.05) is 0 Å². The van der Waals surface area contributed by atoms with Gasteiger partial charge < -0.3 is 15.8 Å². The van der Waals surface area contributed by atoms with Crippen LogP contribution in [0, 0.1) is 0 Å². The summed E-state index contributed by atoms with van der Waals surface area (Å²) in [6.07, 6.45) is 1.30. The minimum absolute atomic E-state index is 0.0779. The van der Waals surface area contributed by atoms with E-state index in [9.17, 15) is 9.59 Å². The number of esters is 1. The summed E-state index contributed by atoms with van der Waals surface area (Å²) in [6, 6.07) is 0. The maximum absolute atomic E-state index is 11.1. The van der Waals surface area contributed by atoms with Gasteiger partial charge >= 0.3 is 5.97 Å². The lowest BCUT2D eigenvalue weighted by Crippen LogP contribution is -2.26. The molecule has 1 aromatic heterocycles. The highest BCUT2D eigenvalue weighted by atomic mass is 16.5. The fourth-order valence-electron chi connectivity index (χ4n) is 0.781. The van der Waals surface area contributed by atoms with Crippen LogP contribution in [0.15, 0.2) is 6.33 Å². The van der Waals surface area contributed by atoms with Gasteiger partial charge in [-0.25, -0.2) is 9.67 Å². The lowest BCUT2D eigenvalue weighted by Gasteiger charge is -2.02. The van der Waals surface area contributed by atoms with Crippen molar-refractivity contribution in [3.05, 3.63) is 6.33 Å². The van der Waals surface area contributed by atoms with E-state index in [1.54, 1.807) is 0 Å². The summed E-state index contributed by atoms with van der Waals surface area (Å²) in [4.78, 5) is 25.5. The van der Waals surface area contributed by atoms with Crippen LogP contribution < -0.4 is 11.1 Å². The zero-order valence-corrected chi connectivity index (χ0v) is 8.14. The van der Waals surface area contributed by atoms with Gasteiger partial charge in [0.2, 0.25) is 5.95 Å². The average molecular weight is 213 g/mol. The predicted octanol–water partition coefficient (Wildman–Crippen LogP) is -1.85. The third-order valence-corrected chi connectivity index (χ3v) is 1.49. The average Bonchev–Trinajstić information content (AvgIpc) is 2.60. The molecule has 0 radical (unpaired) electrons. The normalized spacial score (nSPS) is 9.67. The number of nitrogen functional groups attached to an aromatic ring is 1. The fourth-order valence-corrected chi connectivity index (χ4v) is 0.781. The standard InChI is InChI=1S/C7H11N5O3/c1-9-5(13)3-15-6(14)2-12-4-10-7(8)11-12/h4H,2-3H2,1H3,(H2,8,11)(H,9,13). The molecule has 0 spiro atoms. The maximum atomic E-state index is 11.1. The first-order valence-electron chi connectivity index (χ1n) is 4.13. The molecule has 0 aromatic carbocycles. The molecule has 0 aliphatic carbocycles. The molecule has 0 saturated carbocycles. The molecule has 0 atom stereocenters. The number of anilines is 1. The van der Waals surface area contributed by atoms with Crippen molar-refractivity contribution >= 4 is 17.8 Å².